The Morgan fingerprint density at radius 1 is 1.36 bits per heavy atom. The molecule has 0 aromatic carbocycles. The van der Waals surface area contributed by atoms with Crippen LogP contribution in [-0.2, 0) is 11.3 Å². The minimum Gasteiger partial charge on any atom is -0.381 e. The van der Waals surface area contributed by atoms with Gasteiger partial charge in [0.15, 0.2) is 11.7 Å². The zero-order valence-corrected chi connectivity index (χ0v) is 18.8. The summed E-state index contributed by atoms with van der Waals surface area (Å²) >= 11 is 1.92. The number of hydrogen-bond acceptors (Lipinski definition) is 5. The minimum absolute atomic E-state index is 0. The highest BCUT2D eigenvalue weighted by Crippen LogP contribution is 2.32. The number of nitrogens with one attached hydrogen (secondary N) is 2. The number of halogens is 1. The van der Waals surface area contributed by atoms with Gasteiger partial charge in [0.05, 0.1) is 5.69 Å². The highest BCUT2D eigenvalue weighted by atomic mass is 127. The number of aromatic nitrogens is 1. The molecule has 1 aromatic heterocycles. The molecule has 0 saturated carbocycles. The van der Waals surface area contributed by atoms with Crippen molar-refractivity contribution in [3.63, 3.8) is 0 Å². The average molecular weight is 482 g/mol. The summed E-state index contributed by atoms with van der Waals surface area (Å²) in [4.78, 5) is 4.63. The van der Waals surface area contributed by atoms with E-state index in [0.717, 1.165) is 56.6 Å². The number of rotatable bonds is 7. The van der Waals surface area contributed by atoms with Gasteiger partial charge in [-0.2, -0.15) is 11.8 Å². The molecule has 0 atom stereocenters. The van der Waals surface area contributed by atoms with E-state index in [1.165, 1.54) is 0 Å². The van der Waals surface area contributed by atoms with Crippen LogP contribution in [0.4, 0.5) is 0 Å². The first-order chi connectivity index (χ1) is 11.6. The highest BCUT2D eigenvalue weighted by Gasteiger charge is 2.31. The van der Waals surface area contributed by atoms with Gasteiger partial charge in [-0.05, 0) is 31.9 Å². The van der Waals surface area contributed by atoms with Gasteiger partial charge in [-0.25, -0.2) is 4.99 Å². The van der Waals surface area contributed by atoms with Crippen molar-refractivity contribution in [3.8, 4) is 0 Å². The monoisotopic (exact) mass is 482 g/mol. The van der Waals surface area contributed by atoms with Gasteiger partial charge in [-0.1, -0.05) is 19.0 Å². The van der Waals surface area contributed by atoms with Gasteiger partial charge in [0.2, 0.25) is 0 Å². The Hall–Kier alpha value is -0.480. The fraction of sp³-hybridized carbons (Fsp3) is 0.765. The SMILES string of the molecule is CCNC(=NCc1cc(C(C)C)no1)NCC1(SC)CCOCC1.I. The number of thioether (sulfide) groups is 1. The van der Waals surface area contributed by atoms with E-state index in [1.54, 1.807) is 0 Å². The second-order valence-electron chi connectivity index (χ2n) is 6.42. The quantitative estimate of drug-likeness (QED) is 0.353. The van der Waals surface area contributed by atoms with Gasteiger partial charge in [0.1, 0.15) is 6.54 Å². The summed E-state index contributed by atoms with van der Waals surface area (Å²) in [5.74, 6) is 1.98. The molecule has 144 valence electrons. The van der Waals surface area contributed by atoms with Crippen LogP contribution in [0, 0.1) is 0 Å². The molecule has 25 heavy (non-hydrogen) atoms. The largest absolute Gasteiger partial charge is 0.381 e. The first-order valence-corrected chi connectivity index (χ1v) is 9.91. The van der Waals surface area contributed by atoms with Crippen LogP contribution < -0.4 is 10.6 Å². The van der Waals surface area contributed by atoms with Crippen LogP contribution in [0.1, 0.15) is 51.0 Å². The highest BCUT2D eigenvalue weighted by molar-refractivity contribution is 14.0. The van der Waals surface area contributed by atoms with Crippen molar-refractivity contribution in [3.05, 3.63) is 17.5 Å². The van der Waals surface area contributed by atoms with Crippen molar-refractivity contribution in [2.24, 2.45) is 4.99 Å². The van der Waals surface area contributed by atoms with Gasteiger partial charge < -0.3 is 19.9 Å². The smallest absolute Gasteiger partial charge is 0.191 e. The lowest BCUT2D eigenvalue weighted by Crippen LogP contribution is -2.47. The predicted molar refractivity (Wildman–Crippen MR) is 115 cm³/mol. The fourth-order valence-corrected chi connectivity index (χ4v) is 3.41. The average Bonchev–Trinajstić information content (AvgIpc) is 3.07. The summed E-state index contributed by atoms with van der Waals surface area (Å²) in [7, 11) is 0. The molecule has 0 aliphatic carbocycles. The Morgan fingerprint density at radius 2 is 2.08 bits per heavy atom. The van der Waals surface area contributed by atoms with Crippen LogP contribution in [0.3, 0.4) is 0 Å². The van der Waals surface area contributed by atoms with Gasteiger partial charge in [-0.15, -0.1) is 24.0 Å². The number of aliphatic imine (C=N–C) groups is 1. The molecule has 0 amide bonds. The minimum atomic E-state index is 0. The Kier molecular flexibility index (Phi) is 10.2. The molecule has 6 nitrogen and oxygen atoms in total. The molecule has 1 aliphatic heterocycles. The third kappa shape index (κ3) is 6.97. The third-order valence-corrected chi connectivity index (χ3v) is 5.74. The Morgan fingerprint density at radius 3 is 2.64 bits per heavy atom. The van der Waals surface area contributed by atoms with Gasteiger partial charge in [0.25, 0.3) is 0 Å². The molecule has 1 fully saturated rings. The molecule has 0 bridgehead atoms. The zero-order valence-electron chi connectivity index (χ0n) is 15.6. The van der Waals surface area contributed by atoms with E-state index in [1.807, 2.05) is 17.8 Å². The summed E-state index contributed by atoms with van der Waals surface area (Å²) in [6.07, 6.45) is 4.32. The lowest BCUT2D eigenvalue weighted by atomic mass is 9.99. The molecule has 2 heterocycles. The number of nitrogens with zero attached hydrogens (tertiary/aromatic N) is 2. The zero-order chi connectivity index (χ0) is 17.4. The van der Waals surface area contributed by atoms with Gasteiger partial charge >= 0.3 is 0 Å². The molecule has 8 heteroatoms. The predicted octanol–water partition coefficient (Wildman–Crippen LogP) is 3.38. The Bertz CT molecular complexity index is 530. The summed E-state index contributed by atoms with van der Waals surface area (Å²) in [6.45, 7) is 10.2. The van der Waals surface area contributed by atoms with Crippen molar-refractivity contribution in [2.45, 2.75) is 50.8 Å². The first kappa shape index (κ1) is 22.6. The molecule has 0 spiro atoms. The van der Waals surface area contributed by atoms with E-state index < -0.39 is 0 Å². The summed E-state index contributed by atoms with van der Waals surface area (Å²) in [5.41, 5.74) is 0.974. The van der Waals surface area contributed by atoms with Gasteiger partial charge in [0, 0.05) is 37.1 Å². The lowest BCUT2D eigenvalue weighted by molar-refractivity contribution is 0.0783. The van der Waals surface area contributed by atoms with Crippen molar-refractivity contribution in [1.29, 1.82) is 0 Å². The van der Waals surface area contributed by atoms with E-state index in [4.69, 9.17) is 9.26 Å². The standard InChI is InChI=1S/C17H30N4O2S.HI/c1-5-18-16(19-11-14-10-15(13(2)3)21-23-14)20-12-17(24-4)6-8-22-9-7-17;/h10,13H,5-9,11-12H2,1-4H3,(H2,18,19,20);1H. The van der Waals surface area contributed by atoms with Crippen LogP contribution in [-0.4, -0.2) is 48.4 Å². The van der Waals surface area contributed by atoms with Crippen LogP contribution in [0.25, 0.3) is 0 Å². The number of ether oxygens (including phenoxy) is 1. The fourth-order valence-electron chi connectivity index (χ4n) is 2.62. The topological polar surface area (TPSA) is 71.7 Å². The summed E-state index contributed by atoms with van der Waals surface area (Å²) < 4.78 is 11.1. The third-order valence-electron chi connectivity index (χ3n) is 4.32. The maximum Gasteiger partial charge on any atom is 0.191 e. The van der Waals surface area contributed by atoms with E-state index in [0.29, 0.717) is 12.5 Å². The molecular formula is C17H31IN4O2S. The Balaban J connectivity index is 0.00000312. The second kappa shape index (κ2) is 11.3. The molecule has 1 aromatic rings. The molecule has 2 rings (SSSR count). The van der Waals surface area contributed by atoms with Crippen molar-refractivity contribution in [2.75, 3.05) is 32.6 Å². The van der Waals surface area contributed by atoms with Crippen LogP contribution >= 0.6 is 35.7 Å². The molecule has 1 saturated heterocycles. The van der Waals surface area contributed by atoms with E-state index in [-0.39, 0.29) is 28.7 Å². The summed E-state index contributed by atoms with van der Waals surface area (Å²) in [6, 6.07) is 1.99. The van der Waals surface area contributed by atoms with Gasteiger partial charge in [-0.3, -0.25) is 0 Å². The van der Waals surface area contributed by atoms with Crippen LogP contribution in [0.5, 0.6) is 0 Å². The van der Waals surface area contributed by atoms with Crippen molar-refractivity contribution < 1.29 is 9.26 Å². The molecule has 0 unspecified atom stereocenters. The first-order valence-electron chi connectivity index (χ1n) is 8.69. The second-order valence-corrected chi connectivity index (χ2v) is 7.70. The molecule has 2 N–H and O–H groups in total. The lowest BCUT2D eigenvalue weighted by Gasteiger charge is -2.36. The normalized spacial score (nSPS) is 17.2. The molecular weight excluding hydrogens is 451 g/mol. The van der Waals surface area contributed by atoms with Crippen molar-refractivity contribution in [1.82, 2.24) is 15.8 Å². The molecule has 0 radical (unpaired) electrons. The molecule has 1 aliphatic rings. The summed E-state index contributed by atoms with van der Waals surface area (Å²) in [5, 5.41) is 10.9. The maximum atomic E-state index is 5.50. The number of hydrogen-bond donors (Lipinski definition) is 2. The van der Waals surface area contributed by atoms with Crippen LogP contribution in [0.2, 0.25) is 0 Å². The van der Waals surface area contributed by atoms with E-state index in [9.17, 15) is 0 Å². The van der Waals surface area contributed by atoms with Crippen LogP contribution in [0.15, 0.2) is 15.6 Å². The van der Waals surface area contributed by atoms with E-state index in [2.05, 4.69) is 47.8 Å². The maximum absolute atomic E-state index is 5.50. The Labute approximate surface area is 172 Å². The number of guanidine groups is 1. The van der Waals surface area contributed by atoms with Crippen molar-refractivity contribution >= 4 is 41.7 Å². The van der Waals surface area contributed by atoms with E-state index >= 15 is 0 Å².